The first kappa shape index (κ1) is 65.5. The Bertz CT molecular complexity index is 4300. The van der Waals surface area contributed by atoms with Crippen molar-refractivity contribution in [2.24, 2.45) is 17.8 Å². The van der Waals surface area contributed by atoms with Gasteiger partial charge in [-0.3, -0.25) is 38.5 Å². The summed E-state index contributed by atoms with van der Waals surface area (Å²) in [7, 11) is 2.92. The van der Waals surface area contributed by atoms with Gasteiger partial charge in [-0.15, -0.1) is 68.0 Å². The highest BCUT2D eigenvalue weighted by molar-refractivity contribution is 7.15. The zero-order valence-corrected chi connectivity index (χ0v) is 55.1. The lowest BCUT2D eigenvalue weighted by atomic mass is 9.81. The SMILES string of the molecule is CNC(=O)C[C@@H]1NC(=O)c2csc(n2)-c2ccc(-c3nc(N(C(=O)C4CCC(C(=O)O)CC4)c4ccc(C(=O)O)cc4)cs3)nc2-c2csc(n2)-c2csc(n2)[C@H]([C@@H](O)c2ccccc2)NC(=O)CNC(=O)c2nc(sc2COC)[C@H](C(C)C)NC(=O)c2nc1sc2C. The van der Waals surface area contributed by atoms with E-state index in [4.69, 9.17) is 39.6 Å². The number of pyridine rings is 1. The first-order chi connectivity index (χ1) is 44.7. The van der Waals surface area contributed by atoms with Gasteiger partial charge in [-0.25, -0.2) is 39.7 Å². The van der Waals surface area contributed by atoms with E-state index in [1.807, 2.05) is 13.8 Å². The first-order valence-corrected chi connectivity index (χ1v) is 34.2. The summed E-state index contributed by atoms with van der Waals surface area (Å²) < 4.78 is 5.46. The van der Waals surface area contributed by atoms with Gasteiger partial charge in [-0.1, -0.05) is 44.2 Å². The number of anilines is 2. The monoisotopic (exact) mass is 1370 g/mol. The van der Waals surface area contributed by atoms with Crippen molar-refractivity contribution in [1.29, 1.82) is 0 Å². The van der Waals surface area contributed by atoms with E-state index in [2.05, 4.69) is 26.6 Å². The van der Waals surface area contributed by atoms with E-state index in [1.165, 1.54) is 66.0 Å². The highest BCUT2D eigenvalue weighted by Gasteiger charge is 2.36. The van der Waals surface area contributed by atoms with Crippen LogP contribution in [-0.2, 0) is 30.5 Å². The Morgan fingerprint density at radius 3 is 2.04 bits per heavy atom. The maximum atomic E-state index is 14.6. The zero-order valence-electron chi connectivity index (χ0n) is 50.2. The number of rotatable bonds is 13. The summed E-state index contributed by atoms with van der Waals surface area (Å²) in [6, 6.07) is 15.1. The number of nitrogens with zero attached hydrogens (tertiary/aromatic N) is 8. The molecule has 10 bridgehead atoms. The molecule has 2 aliphatic rings. The van der Waals surface area contributed by atoms with Gasteiger partial charge >= 0.3 is 11.9 Å². The van der Waals surface area contributed by atoms with Gasteiger partial charge in [-0.05, 0) is 80.5 Å². The molecule has 8 N–H and O–H groups in total. The normalized spacial score (nSPS) is 18.3. The van der Waals surface area contributed by atoms with Crippen molar-refractivity contribution in [1.82, 2.24) is 61.5 Å². The molecule has 31 heteroatoms. The number of benzene rings is 2. The molecule has 0 radical (unpaired) electrons. The van der Waals surface area contributed by atoms with Crippen molar-refractivity contribution in [2.45, 2.75) is 83.7 Å². The van der Waals surface area contributed by atoms with Crippen LogP contribution in [0.1, 0.15) is 142 Å². The summed E-state index contributed by atoms with van der Waals surface area (Å²) in [6.45, 7) is 4.89. The number of hydrogen-bond donors (Lipinski definition) is 8. The molecule has 7 aromatic heterocycles. The third-order valence-corrected chi connectivity index (χ3v) is 21.2. The highest BCUT2D eigenvalue weighted by Crippen LogP contribution is 2.42. The molecule has 25 nitrogen and oxygen atoms in total. The van der Waals surface area contributed by atoms with Crippen LogP contribution in [0.2, 0.25) is 0 Å². The molecular formula is C62H59N13O12S6. The van der Waals surface area contributed by atoms with Crippen LogP contribution in [0.15, 0.2) is 88.3 Å². The van der Waals surface area contributed by atoms with Crippen LogP contribution in [0, 0.1) is 24.7 Å². The quantitative estimate of drug-likeness (QED) is 0.0532. The second-order valence-corrected chi connectivity index (χ2v) is 27.9. The number of amides is 6. The number of carbonyl (C=O) groups excluding carboxylic acids is 6. The van der Waals surface area contributed by atoms with E-state index in [0.29, 0.717) is 100 Å². The number of methoxy groups -OCH3 is 1. The zero-order chi connectivity index (χ0) is 65.8. The first-order valence-electron chi connectivity index (χ1n) is 29.1. The van der Waals surface area contributed by atoms with Crippen molar-refractivity contribution in [3.8, 4) is 43.4 Å². The van der Waals surface area contributed by atoms with Gasteiger partial charge in [0.15, 0.2) is 5.82 Å². The lowest BCUT2D eigenvalue weighted by Crippen LogP contribution is -2.40. The second-order valence-electron chi connectivity index (χ2n) is 22.1. The number of aliphatic hydroxyl groups excluding tert-OH is 1. The molecule has 1 aliphatic heterocycles. The summed E-state index contributed by atoms with van der Waals surface area (Å²) in [5.74, 6) is -6.57. The summed E-state index contributed by atoms with van der Waals surface area (Å²) >= 11 is 7.01. The largest absolute Gasteiger partial charge is 0.481 e. The van der Waals surface area contributed by atoms with Crippen LogP contribution in [0.5, 0.6) is 0 Å². The lowest BCUT2D eigenvalue weighted by molar-refractivity contribution is -0.144. The topological polar surface area (TPSA) is 360 Å². The number of carboxylic acid groups (broad SMARTS) is 2. The lowest BCUT2D eigenvalue weighted by Gasteiger charge is -2.30. The van der Waals surface area contributed by atoms with Gasteiger partial charge in [0.05, 0.1) is 59.4 Å². The van der Waals surface area contributed by atoms with E-state index < -0.39 is 84.1 Å². The van der Waals surface area contributed by atoms with E-state index in [1.54, 1.807) is 70.9 Å². The molecule has 2 aromatic carbocycles. The molecule has 0 spiro atoms. The van der Waals surface area contributed by atoms with Gasteiger partial charge in [-0.2, -0.15) is 0 Å². The standard InChI is InChI=1S/C62H59N13O12S6/c1-28(2)45-59-74-48(41(93-59)23-87-5)52(80)64-22-44(77)71-49(50(78)30-9-7-6-8-10-30)58-69-40(26-90-58)56-67-38(24-89-56)47-35(54-68-39(25-88-54)51(79)66-37(21-43(76)63-4)57-73-46(29(3)92-57)53(81)72-45)19-20-36(65-47)55-70-42(27-91-55)75(34-17-15-33(16-18-34)62(85)86)60(82)31-11-13-32(14-12-31)61(83)84/h6-10,15-20,24-28,31-32,37,45,49-50,78H,11-14,21-23H2,1-5H3,(H,63,76)(H,64,80)(H,66,79)(H,71,77)(H,72,81)(H,83,84)(H,85,86)/t31?,32?,37-,45-,49-,50-/m0/s1. The minimum absolute atomic E-state index is 0.00606. The predicted molar refractivity (Wildman–Crippen MR) is 351 cm³/mol. The molecule has 9 aromatic rings. The second kappa shape index (κ2) is 28.5. The molecule has 4 atom stereocenters. The van der Waals surface area contributed by atoms with Gasteiger partial charge in [0.25, 0.3) is 17.7 Å². The Morgan fingerprint density at radius 1 is 0.656 bits per heavy atom. The number of aryl methyl sites for hydroxylation is 1. The maximum absolute atomic E-state index is 14.6. The number of aromatic nitrogens is 7. The fourth-order valence-electron chi connectivity index (χ4n) is 10.6. The van der Waals surface area contributed by atoms with Crippen LogP contribution in [-0.4, -0.2) is 118 Å². The van der Waals surface area contributed by atoms with Crippen LogP contribution in [0.3, 0.4) is 0 Å². The fraction of sp³-hybridized carbons (Fsp3) is 0.306. The average Bonchev–Trinajstić information content (AvgIpc) is 1.88. The van der Waals surface area contributed by atoms with Crippen molar-refractivity contribution in [3.05, 3.63) is 141 Å². The van der Waals surface area contributed by atoms with E-state index in [9.17, 15) is 53.7 Å². The van der Waals surface area contributed by atoms with Crippen molar-refractivity contribution in [2.75, 3.05) is 25.6 Å². The number of aliphatic carboxylic acids is 1. The van der Waals surface area contributed by atoms with E-state index >= 15 is 0 Å². The number of nitrogens with one attached hydrogen (secondary N) is 5. The van der Waals surface area contributed by atoms with Crippen LogP contribution >= 0.6 is 68.0 Å². The van der Waals surface area contributed by atoms with Crippen LogP contribution < -0.4 is 31.5 Å². The number of carbonyl (C=O) groups is 8. The van der Waals surface area contributed by atoms with Gasteiger partial charge in [0.2, 0.25) is 17.7 Å². The molecule has 480 valence electrons. The minimum Gasteiger partial charge on any atom is -0.481 e. The Kier molecular flexibility index (Phi) is 20.1. The predicted octanol–water partition coefficient (Wildman–Crippen LogP) is 9.57. The number of hydrogen-bond acceptors (Lipinski definition) is 23. The van der Waals surface area contributed by atoms with Crippen molar-refractivity contribution < 1.29 is 58.4 Å². The Hall–Kier alpha value is -8.95. The minimum atomic E-state index is -1.31. The average molecular weight is 1370 g/mol. The summed E-state index contributed by atoms with van der Waals surface area (Å²) in [5, 5.41) is 54.4. The smallest absolute Gasteiger partial charge is 0.335 e. The van der Waals surface area contributed by atoms with Crippen molar-refractivity contribution >= 4 is 127 Å². The van der Waals surface area contributed by atoms with Crippen molar-refractivity contribution in [3.63, 3.8) is 0 Å². The summed E-state index contributed by atoms with van der Waals surface area (Å²) in [4.78, 5) is 145. The Labute approximate surface area is 554 Å². The molecule has 1 saturated carbocycles. The highest BCUT2D eigenvalue weighted by atomic mass is 32.1. The Morgan fingerprint density at radius 2 is 1.33 bits per heavy atom. The summed E-state index contributed by atoms with van der Waals surface area (Å²) in [6.07, 6.45) is -0.300. The molecule has 1 fully saturated rings. The van der Waals surface area contributed by atoms with E-state index in [0.717, 1.165) is 45.3 Å². The maximum Gasteiger partial charge on any atom is 0.335 e. The third-order valence-electron chi connectivity index (χ3n) is 15.5. The molecule has 0 saturated heterocycles. The number of thiazole rings is 6. The molecule has 0 unspecified atom stereocenters. The molecule has 6 amide bonds. The third kappa shape index (κ3) is 14.5. The molecular weight excluding hydrogens is 1310 g/mol. The van der Waals surface area contributed by atoms with Gasteiger partial charge in [0.1, 0.15) is 76.4 Å². The molecule has 11 rings (SSSR count). The fourth-order valence-corrected chi connectivity index (χ4v) is 16.1. The number of aliphatic hydroxyl groups is 1. The Balaban J connectivity index is 0.995. The van der Waals surface area contributed by atoms with Gasteiger partial charge in [0, 0.05) is 52.0 Å². The molecule has 93 heavy (non-hydrogen) atoms. The molecule has 1 aliphatic carbocycles. The van der Waals surface area contributed by atoms with Crippen LogP contribution in [0.25, 0.3) is 43.4 Å². The van der Waals surface area contributed by atoms with Gasteiger partial charge < -0.3 is 46.6 Å². The van der Waals surface area contributed by atoms with Crippen LogP contribution in [0.4, 0.5) is 11.5 Å². The van der Waals surface area contributed by atoms with E-state index in [-0.39, 0.29) is 58.3 Å². The number of carboxylic acids is 2. The summed E-state index contributed by atoms with van der Waals surface area (Å²) in [5.41, 5.74) is 2.69. The molecule has 8 heterocycles. The number of fused-ring (bicyclic) bond motifs is 14. The number of aromatic carboxylic acids is 1. The number of ether oxygens (including phenoxy) is 1.